The Labute approximate surface area is 121 Å². The van der Waals surface area contributed by atoms with Crippen molar-refractivity contribution in [1.29, 1.82) is 0 Å². The number of hydrogen-bond donors (Lipinski definition) is 0. The second-order valence-corrected chi connectivity index (χ2v) is 5.60. The predicted octanol–water partition coefficient (Wildman–Crippen LogP) is 3.59. The van der Waals surface area contributed by atoms with Gasteiger partial charge < -0.3 is 9.69 Å². The van der Waals surface area contributed by atoms with Crippen molar-refractivity contribution in [3.05, 3.63) is 65.7 Å². The molecule has 20 heavy (non-hydrogen) atoms. The van der Waals surface area contributed by atoms with Gasteiger partial charge in [0.25, 0.3) is 0 Å². The number of hydrogen-bond acceptors (Lipinski definition) is 2. The monoisotopic (exact) mass is 267 g/mol. The molecule has 2 rings (SSSR count). The quantitative estimate of drug-likeness (QED) is 0.772. The first-order chi connectivity index (χ1) is 9.55. The van der Waals surface area contributed by atoms with Crippen LogP contribution < -0.4 is 4.90 Å². The number of aryl methyl sites for hydroxylation is 1. The van der Waals surface area contributed by atoms with Crippen molar-refractivity contribution in [2.45, 2.75) is 19.3 Å². The van der Waals surface area contributed by atoms with Gasteiger partial charge in [0.2, 0.25) is 0 Å². The normalized spacial score (nSPS) is 13.6. The van der Waals surface area contributed by atoms with Gasteiger partial charge in [-0.05, 0) is 37.1 Å². The van der Waals surface area contributed by atoms with Crippen molar-refractivity contribution >= 4 is 12.0 Å². The van der Waals surface area contributed by atoms with Gasteiger partial charge in [0.15, 0.2) is 0 Å². The van der Waals surface area contributed by atoms with Crippen molar-refractivity contribution < 1.29 is 4.79 Å². The molecule has 1 unspecified atom stereocenters. The van der Waals surface area contributed by atoms with E-state index in [1.54, 1.807) is 0 Å². The minimum Gasteiger partial charge on any atom is -0.373 e. The van der Waals surface area contributed by atoms with Crippen LogP contribution in [0.15, 0.2) is 54.6 Å². The number of anilines is 1. The third kappa shape index (κ3) is 3.08. The standard InChI is InChI=1S/C18H21NO/c1-15-8-7-11-17(12-15)19(3)13-18(2,14-20)16-9-5-4-6-10-16/h4-12,14H,13H2,1-3H3. The predicted molar refractivity (Wildman–Crippen MR) is 84.3 cm³/mol. The molecule has 0 bridgehead atoms. The molecule has 0 heterocycles. The van der Waals surface area contributed by atoms with E-state index in [-0.39, 0.29) is 0 Å². The SMILES string of the molecule is Cc1cccc(N(C)CC(C)(C=O)c2ccccc2)c1. The lowest BCUT2D eigenvalue weighted by atomic mass is 9.83. The molecule has 0 N–H and O–H groups in total. The number of rotatable bonds is 5. The topological polar surface area (TPSA) is 20.3 Å². The fraction of sp³-hybridized carbons (Fsp3) is 0.278. The summed E-state index contributed by atoms with van der Waals surface area (Å²) in [5, 5.41) is 0. The van der Waals surface area contributed by atoms with Gasteiger partial charge in [-0.1, -0.05) is 42.5 Å². The first-order valence-corrected chi connectivity index (χ1v) is 6.85. The lowest BCUT2D eigenvalue weighted by Gasteiger charge is -2.31. The zero-order chi connectivity index (χ0) is 14.6. The van der Waals surface area contributed by atoms with Crippen molar-refractivity contribution in [2.24, 2.45) is 0 Å². The van der Waals surface area contributed by atoms with E-state index in [0.29, 0.717) is 6.54 Å². The van der Waals surface area contributed by atoms with Gasteiger partial charge in [-0.3, -0.25) is 0 Å². The molecule has 0 saturated carbocycles. The van der Waals surface area contributed by atoms with Gasteiger partial charge in [-0.25, -0.2) is 0 Å². The first kappa shape index (κ1) is 14.3. The highest BCUT2D eigenvalue weighted by atomic mass is 16.1. The van der Waals surface area contributed by atoms with Crippen LogP contribution in [0.2, 0.25) is 0 Å². The smallest absolute Gasteiger partial charge is 0.132 e. The molecule has 0 fully saturated rings. The van der Waals surface area contributed by atoms with E-state index in [1.165, 1.54) is 5.56 Å². The van der Waals surface area contributed by atoms with E-state index in [2.05, 4.69) is 30.0 Å². The summed E-state index contributed by atoms with van der Waals surface area (Å²) in [7, 11) is 2.03. The highest BCUT2D eigenvalue weighted by Crippen LogP contribution is 2.25. The molecule has 0 aliphatic carbocycles. The molecule has 2 nitrogen and oxygen atoms in total. The summed E-state index contributed by atoms with van der Waals surface area (Å²) < 4.78 is 0. The van der Waals surface area contributed by atoms with Crippen LogP contribution in [0.25, 0.3) is 0 Å². The molecule has 2 heteroatoms. The van der Waals surface area contributed by atoms with Crippen LogP contribution in [0, 0.1) is 6.92 Å². The van der Waals surface area contributed by atoms with E-state index >= 15 is 0 Å². The van der Waals surface area contributed by atoms with Crippen LogP contribution in [0.1, 0.15) is 18.1 Å². The molecule has 2 aromatic rings. The maximum Gasteiger partial charge on any atom is 0.132 e. The summed E-state index contributed by atoms with van der Waals surface area (Å²) in [6.07, 6.45) is 1.05. The second kappa shape index (κ2) is 5.91. The van der Waals surface area contributed by atoms with E-state index < -0.39 is 5.41 Å². The molecule has 0 spiro atoms. The number of aldehydes is 1. The zero-order valence-corrected chi connectivity index (χ0v) is 12.3. The van der Waals surface area contributed by atoms with Crippen LogP contribution in [-0.4, -0.2) is 19.9 Å². The van der Waals surface area contributed by atoms with Gasteiger partial charge in [-0.15, -0.1) is 0 Å². The van der Waals surface area contributed by atoms with Gasteiger partial charge in [0.1, 0.15) is 6.29 Å². The number of benzene rings is 2. The highest BCUT2D eigenvalue weighted by Gasteiger charge is 2.27. The summed E-state index contributed by atoms with van der Waals surface area (Å²) in [4.78, 5) is 13.8. The van der Waals surface area contributed by atoms with Crippen molar-refractivity contribution in [2.75, 3.05) is 18.5 Å². The third-order valence-electron chi connectivity index (χ3n) is 3.70. The van der Waals surface area contributed by atoms with Crippen LogP contribution in [0.3, 0.4) is 0 Å². The highest BCUT2D eigenvalue weighted by molar-refractivity contribution is 5.69. The maximum atomic E-state index is 11.6. The molecular weight excluding hydrogens is 246 g/mol. The molecule has 0 radical (unpaired) electrons. The molecule has 1 atom stereocenters. The fourth-order valence-electron chi connectivity index (χ4n) is 2.46. The number of nitrogens with zero attached hydrogens (tertiary/aromatic N) is 1. The van der Waals surface area contributed by atoms with Crippen molar-refractivity contribution in [3.8, 4) is 0 Å². The Bertz CT molecular complexity index is 579. The third-order valence-corrected chi connectivity index (χ3v) is 3.70. The Balaban J connectivity index is 2.24. The minimum absolute atomic E-state index is 0.500. The molecule has 0 aliphatic rings. The molecule has 0 aliphatic heterocycles. The van der Waals surface area contributed by atoms with Crippen LogP contribution in [0.4, 0.5) is 5.69 Å². The van der Waals surface area contributed by atoms with Gasteiger partial charge in [-0.2, -0.15) is 0 Å². The largest absolute Gasteiger partial charge is 0.373 e. The molecule has 0 saturated heterocycles. The Hall–Kier alpha value is -2.09. The molecule has 0 amide bonds. The molecular formula is C18H21NO. The van der Waals surface area contributed by atoms with E-state index in [1.807, 2.05) is 50.4 Å². The summed E-state index contributed by atoms with van der Waals surface area (Å²) >= 11 is 0. The number of likely N-dealkylation sites (N-methyl/N-ethyl adjacent to an activating group) is 1. The Kier molecular flexibility index (Phi) is 4.23. The van der Waals surface area contributed by atoms with E-state index in [9.17, 15) is 4.79 Å². The van der Waals surface area contributed by atoms with Crippen molar-refractivity contribution in [1.82, 2.24) is 0 Å². The maximum absolute atomic E-state index is 11.6. The van der Waals surface area contributed by atoms with Crippen molar-refractivity contribution in [3.63, 3.8) is 0 Å². The second-order valence-electron chi connectivity index (χ2n) is 5.60. The Morgan fingerprint density at radius 2 is 1.80 bits per heavy atom. The fourth-order valence-corrected chi connectivity index (χ4v) is 2.46. The van der Waals surface area contributed by atoms with Gasteiger partial charge in [0.05, 0.1) is 5.41 Å². The van der Waals surface area contributed by atoms with E-state index in [0.717, 1.165) is 17.5 Å². The van der Waals surface area contributed by atoms with Gasteiger partial charge in [0, 0.05) is 19.3 Å². The molecule has 0 aromatic heterocycles. The first-order valence-electron chi connectivity index (χ1n) is 6.85. The lowest BCUT2D eigenvalue weighted by molar-refractivity contribution is -0.111. The summed E-state index contributed by atoms with van der Waals surface area (Å²) in [6.45, 7) is 4.72. The molecule has 104 valence electrons. The van der Waals surface area contributed by atoms with Crippen LogP contribution in [-0.2, 0) is 10.2 Å². The van der Waals surface area contributed by atoms with E-state index in [4.69, 9.17) is 0 Å². The summed E-state index contributed by atoms with van der Waals surface area (Å²) in [5.74, 6) is 0. The number of carbonyl (C=O) groups excluding carboxylic acids is 1. The summed E-state index contributed by atoms with van der Waals surface area (Å²) in [6, 6.07) is 18.3. The van der Waals surface area contributed by atoms with Crippen LogP contribution >= 0.6 is 0 Å². The zero-order valence-electron chi connectivity index (χ0n) is 12.3. The van der Waals surface area contributed by atoms with Gasteiger partial charge >= 0.3 is 0 Å². The lowest BCUT2D eigenvalue weighted by Crippen LogP contribution is -2.38. The van der Waals surface area contributed by atoms with Crippen LogP contribution in [0.5, 0.6) is 0 Å². The number of carbonyl (C=O) groups is 1. The average molecular weight is 267 g/mol. The Morgan fingerprint density at radius 1 is 1.10 bits per heavy atom. The molecule has 2 aromatic carbocycles. The summed E-state index contributed by atoms with van der Waals surface area (Å²) in [5.41, 5.74) is 2.91. The minimum atomic E-state index is -0.500. The Morgan fingerprint density at radius 3 is 2.40 bits per heavy atom. The average Bonchev–Trinajstić information content (AvgIpc) is 2.48.